The van der Waals surface area contributed by atoms with E-state index in [2.05, 4.69) is 10.5 Å². The van der Waals surface area contributed by atoms with Crippen LogP contribution in [0.5, 0.6) is 0 Å². The van der Waals surface area contributed by atoms with Crippen molar-refractivity contribution in [2.75, 3.05) is 11.1 Å². The monoisotopic (exact) mass is 203 g/mol. The van der Waals surface area contributed by atoms with Gasteiger partial charge in [0.15, 0.2) is 5.76 Å². The summed E-state index contributed by atoms with van der Waals surface area (Å²) in [6.07, 6.45) is 1.63. The lowest BCUT2D eigenvalue weighted by Gasteiger charge is -2.09. The summed E-state index contributed by atoms with van der Waals surface area (Å²) in [5, 5.41) is 6.88. The van der Waals surface area contributed by atoms with E-state index in [9.17, 15) is 0 Å². The zero-order chi connectivity index (χ0) is 10.7. The SMILES string of the molecule is Cc1c(N)cccc1NCc1ccno1. The molecule has 0 amide bonds. The Bertz CT molecular complexity index is 437. The Labute approximate surface area is 88.1 Å². The minimum atomic E-state index is 0.615. The van der Waals surface area contributed by atoms with Gasteiger partial charge in [0, 0.05) is 17.4 Å². The maximum absolute atomic E-state index is 5.79. The van der Waals surface area contributed by atoms with Crippen LogP contribution in [0.4, 0.5) is 11.4 Å². The van der Waals surface area contributed by atoms with Gasteiger partial charge < -0.3 is 15.6 Å². The van der Waals surface area contributed by atoms with Crippen LogP contribution in [0.25, 0.3) is 0 Å². The van der Waals surface area contributed by atoms with E-state index in [-0.39, 0.29) is 0 Å². The van der Waals surface area contributed by atoms with Crippen LogP contribution in [0.1, 0.15) is 11.3 Å². The topological polar surface area (TPSA) is 64.1 Å². The van der Waals surface area contributed by atoms with E-state index in [1.165, 1.54) is 0 Å². The maximum Gasteiger partial charge on any atom is 0.155 e. The molecule has 1 aromatic heterocycles. The summed E-state index contributed by atoms with van der Waals surface area (Å²) in [5.41, 5.74) is 8.66. The minimum absolute atomic E-state index is 0.615. The smallest absolute Gasteiger partial charge is 0.155 e. The molecule has 0 aliphatic heterocycles. The molecule has 1 aromatic carbocycles. The van der Waals surface area contributed by atoms with E-state index >= 15 is 0 Å². The number of nitrogens with zero attached hydrogens (tertiary/aromatic N) is 1. The molecule has 0 spiro atoms. The van der Waals surface area contributed by atoms with Crippen LogP contribution in [0.3, 0.4) is 0 Å². The van der Waals surface area contributed by atoms with Gasteiger partial charge in [-0.15, -0.1) is 0 Å². The van der Waals surface area contributed by atoms with Crippen molar-refractivity contribution in [3.63, 3.8) is 0 Å². The molecule has 0 atom stereocenters. The van der Waals surface area contributed by atoms with E-state index in [1.807, 2.05) is 31.2 Å². The average Bonchev–Trinajstić information content (AvgIpc) is 2.73. The van der Waals surface area contributed by atoms with Crippen molar-refractivity contribution in [1.29, 1.82) is 0 Å². The molecule has 0 aliphatic carbocycles. The second kappa shape index (κ2) is 4.04. The normalized spacial score (nSPS) is 10.2. The molecule has 0 fully saturated rings. The molecule has 1 heterocycles. The summed E-state index contributed by atoms with van der Waals surface area (Å²) in [4.78, 5) is 0. The molecule has 0 saturated heterocycles. The summed E-state index contributed by atoms with van der Waals surface area (Å²) in [5.74, 6) is 0.803. The van der Waals surface area contributed by atoms with Crippen LogP contribution in [0.15, 0.2) is 35.0 Å². The van der Waals surface area contributed by atoms with Crippen LogP contribution in [-0.2, 0) is 6.54 Å². The van der Waals surface area contributed by atoms with Gasteiger partial charge in [-0.05, 0) is 24.6 Å². The van der Waals surface area contributed by atoms with Crippen molar-refractivity contribution in [1.82, 2.24) is 5.16 Å². The van der Waals surface area contributed by atoms with Crippen LogP contribution in [0, 0.1) is 6.92 Å². The molecule has 2 rings (SSSR count). The highest BCUT2D eigenvalue weighted by Crippen LogP contribution is 2.20. The van der Waals surface area contributed by atoms with Crippen LogP contribution in [0.2, 0.25) is 0 Å². The van der Waals surface area contributed by atoms with E-state index in [0.29, 0.717) is 6.54 Å². The number of nitrogens with two attached hydrogens (primary N) is 1. The quantitative estimate of drug-likeness (QED) is 0.750. The zero-order valence-electron chi connectivity index (χ0n) is 8.53. The molecule has 0 aliphatic rings. The van der Waals surface area contributed by atoms with Gasteiger partial charge in [0.05, 0.1) is 12.7 Å². The number of hydrogen-bond donors (Lipinski definition) is 2. The Kier molecular flexibility index (Phi) is 2.58. The minimum Gasteiger partial charge on any atom is -0.398 e. The third-order valence-electron chi connectivity index (χ3n) is 2.32. The van der Waals surface area contributed by atoms with Crippen molar-refractivity contribution in [2.24, 2.45) is 0 Å². The third kappa shape index (κ3) is 2.10. The van der Waals surface area contributed by atoms with Crippen LogP contribution >= 0.6 is 0 Å². The van der Waals surface area contributed by atoms with E-state index < -0.39 is 0 Å². The number of hydrogen-bond acceptors (Lipinski definition) is 4. The van der Waals surface area contributed by atoms with E-state index in [0.717, 1.165) is 22.7 Å². The summed E-state index contributed by atoms with van der Waals surface area (Å²) in [6.45, 7) is 2.60. The summed E-state index contributed by atoms with van der Waals surface area (Å²) in [7, 11) is 0. The number of nitrogens with one attached hydrogen (secondary N) is 1. The Balaban J connectivity index is 2.08. The van der Waals surface area contributed by atoms with Crippen molar-refractivity contribution < 1.29 is 4.52 Å². The predicted octanol–water partition coefficient (Wildman–Crippen LogP) is 2.18. The second-order valence-corrected chi connectivity index (χ2v) is 3.35. The first-order valence-corrected chi connectivity index (χ1v) is 4.76. The standard InChI is InChI=1S/C11H13N3O/c1-8-10(12)3-2-4-11(8)13-7-9-5-6-14-15-9/h2-6,13H,7,12H2,1H3. The Morgan fingerprint density at radius 2 is 2.27 bits per heavy atom. The highest BCUT2D eigenvalue weighted by atomic mass is 16.5. The van der Waals surface area contributed by atoms with Gasteiger partial charge in [-0.2, -0.15) is 0 Å². The molecule has 78 valence electrons. The first-order valence-electron chi connectivity index (χ1n) is 4.76. The Morgan fingerprint density at radius 3 is 3.00 bits per heavy atom. The summed E-state index contributed by atoms with van der Waals surface area (Å²) >= 11 is 0. The second-order valence-electron chi connectivity index (χ2n) is 3.35. The van der Waals surface area contributed by atoms with E-state index in [1.54, 1.807) is 6.20 Å². The van der Waals surface area contributed by atoms with Crippen molar-refractivity contribution in [2.45, 2.75) is 13.5 Å². The number of aromatic nitrogens is 1. The first-order chi connectivity index (χ1) is 7.27. The van der Waals surface area contributed by atoms with Crippen molar-refractivity contribution in [3.05, 3.63) is 41.8 Å². The van der Waals surface area contributed by atoms with Gasteiger partial charge in [0.25, 0.3) is 0 Å². The molecule has 0 saturated carbocycles. The highest BCUT2D eigenvalue weighted by molar-refractivity contribution is 5.62. The van der Waals surface area contributed by atoms with Gasteiger partial charge in [-0.1, -0.05) is 11.2 Å². The number of nitrogen functional groups attached to an aromatic ring is 1. The molecule has 4 nitrogen and oxygen atoms in total. The van der Waals surface area contributed by atoms with Gasteiger partial charge in [-0.25, -0.2) is 0 Å². The maximum atomic E-state index is 5.79. The van der Waals surface area contributed by atoms with Crippen molar-refractivity contribution >= 4 is 11.4 Å². The molecule has 4 heteroatoms. The molecule has 2 aromatic rings. The summed E-state index contributed by atoms with van der Waals surface area (Å²) < 4.78 is 4.98. The fraction of sp³-hybridized carbons (Fsp3) is 0.182. The molecule has 0 bridgehead atoms. The highest BCUT2D eigenvalue weighted by Gasteiger charge is 2.01. The molecular weight excluding hydrogens is 190 g/mol. The zero-order valence-corrected chi connectivity index (χ0v) is 8.53. The number of anilines is 2. The van der Waals surface area contributed by atoms with Crippen LogP contribution < -0.4 is 11.1 Å². The van der Waals surface area contributed by atoms with Gasteiger partial charge >= 0.3 is 0 Å². The van der Waals surface area contributed by atoms with Gasteiger partial charge in [0.2, 0.25) is 0 Å². The lowest BCUT2D eigenvalue weighted by Crippen LogP contribution is -2.01. The first kappa shape index (κ1) is 9.58. The fourth-order valence-electron chi connectivity index (χ4n) is 1.36. The Hall–Kier alpha value is -1.97. The molecule has 3 N–H and O–H groups in total. The predicted molar refractivity (Wildman–Crippen MR) is 59.4 cm³/mol. The Morgan fingerprint density at radius 1 is 1.40 bits per heavy atom. The molecule has 0 radical (unpaired) electrons. The van der Waals surface area contributed by atoms with Gasteiger partial charge in [-0.3, -0.25) is 0 Å². The lowest BCUT2D eigenvalue weighted by molar-refractivity contribution is 0.388. The third-order valence-corrected chi connectivity index (χ3v) is 2.32. The molecule has 0 unspecified atom stereocenters. The lowest BCUT2D eigenvalue weighted by atomic mass is 10.1. The molecule has 15 heavy (non-hydrogen) atoms. The van der Waals surface area contributed by atoms with Crippen LogP contribution in [-0.4, -0.2) is 5.16 Å². The summed E-state index contributed by atoms with van der Waals surface area (Å²) in [6, 6.07) is 7.62. The van der Waals surface area contributed by atoms with Crippen molar-refractivity contribution in [3.8, 4) is 0 Å². The molecular formula is C11H13N3O. The van der Waals surface area contributed by atoms with Gasteiger partial charge in [0.1, 0.15) is 0 Å². The average molecular weight is 203 g/mol. The number of rotatable bonds is 3. The number of benzene rings is 1. The van der Waals surface area contributed by atoms with E-state index in [4.69, 9.17) is 10.3 Å². The fourth-order valence-corrected chi connectivity index (χ4v) is 1.36. The largest absolute Gasteiger partial charge is 0.398 e.